The van der Waals surface area contributed by atoms with Crippen molar-refractivity contribution in [2.45, 2.75) is 69.6 Å². The highest BCUT2D eigenvalue weighted by Crippen LogP contribution is 2.26. The normalized spacial score (nSPS) is 14.6. The zero-order chi connectivity index (χ0) is 23.9. The molecular formula is C27H35N5OS. The van der Waals surface area contributed by atoms with E-state index in [-0.39, 0.29) is 11.7 Å². The summed E-state index contributed by atoms with van der Waals surface area (Å²) in [6.07, 6.45) is 8.21. The fourth-order valence-corrected chi connectivity index (χ4v) is 5.26. The van der Waals surface area contributed by atoms with Crippen LogP contribution in [0.3, 0.4) is 0 Å². The number of rotatable bonds is 9. The number of nitrogens with zero attached hydrogens (tertiary/aromatic N) is 4. The first kappa shape index (κ1) is 24.5. The minimum Gasteiger partial charge on any atom is -0.325 e. The van der Waals surface area contributed by atoms with Gasteiger partial charge in [0.05, 0.1) is 5.75 Å². The van der Waals surface area contributed by atoms with Crippen molar-refractivity contribution in [3.05, 3.63) is 66.0 Å². The Morgan fingerprint density at radius 1 is 1.12 bits per heavy atom. The van der Waals surface area contributed by atoms with Crippen LogP contribution in [-0.4, -0.2) is 44.4 Å². The molecule has 1 aromatic heterocycles. The van der Waals surface area contributed by atoms with Crippen molar-refractivity contribution in [2.75, 3.05) is 18.1 Å². The van der Waals surface area contributed by atoms with E-state index >= 15 is 0 Å². The second kappa shape index (κ2) is 11.7. The van der Waals surface area contributed by atoms with E-state index in [4.69, 9.17) is 0 Å². The molecule has 0 spiro atoms. The number of carbonyl (C=O) groups excluding carboxylic acids is 1. The van der Waals surface area contributed by atoms with Crippen molar-refractivity contribution in [1.82, 2.24) is 19.7 Å². The number of amides is 1. The van der Waals surface area contributed by atoms with E-state index in [2.05, 4.69) is 71.6 Å². The van der Waals surface area contributed by atoms with Crippen LogP contribution in [0.2, 0.25) is 0 Å². The van der Waals surface area contributed by atoms with Crippen molar-refractivity contribution < 1.29 is 4.79 Å². The Balaban J connectivity index is 1.36. The lowest BCUT2D eigenvalue weighted by molar-refractivity contribution is -0.113. The third kappa shape index (κ3) is 6.27. The van der Waals surface area contributed by atoms with Crippen LogP contribution in [0.1, 0.15) is 63.0 Å². The first-order valence-corrected chi connectivity index (χ1v) is 13.2. The van der Waals surface area contributed by atoms with Gasteiger partial charge in [-0.05, 0) is 55.1 Å². The average Bonchev–Trinajstić information content (AvgIpc) is 3.33. The summed E-state index contributed by atoms with van der Waals surface area (Å²) in [6.45, 7) is 5.20. The molecule has 0 atom stereocenters. The Bertz CT molecular complexity index is 1070. The molecule has 7 heteroatoms. The number of anilines is 1. The third-order valence-corrected chi connectivity index (χ3v) is 7.54. The largest absolute Gasteiger partial charge is 0.325 e. The zero-order valence-electron chi connectivity index (χ0n) is 20.4. The first-order valence-electron chi connectivity index (χ1n) is 12.2. The third-order valence-electron chi connectivity index (χ3n) is 6.60. The predicted octanol–water partition coefficient (Wildman–Crippen LogP) is 5.89. The van der Waals surface area contributed by atoms with Crippen LogP contribution >= 0.6 is 11.8 Å². The summed E-state index contributed by atoms with van der Waals surface area (Å²) in [4.78, 5) is 15.2. The maximum atomic E-state index is 12.8. The molecule has 4 rings (SSSR count). The van der Waals surface area contributed by atoms with Gasteiger partial charge in [0, 0.05) is 24.0 Å². The lowest BCUT2D eigenvalue weighted by Gasteiger charge is -2.31. The van der Waals surface area contributed by atoms with E-state index in [0.29, 0.717) is 17.1 Å². The number of carbonyl (C=O) groups is 1. The molecule has 2 aromatic carbocycles. The van der Waals surface area contributed by atoms with Gasteiger partial charge in [0.2, 0.25) is 5.91 Å². The van der Waals surface area contributed by atoms with E-state index in [1.54, 1.807) is 6.33 Å². The lowest BCUT2D eigenvalue weighted by atomic mass is 9.94. The molecule has 1 amide bonds. The van der Waals surface area contributed by atoms with Gasteiger partial charge < -0.3 is 5.32 Å². The highest BCUT2D eigenvalue weighted by atomic mass is 32.2. The average molecular weight is 478 g/mol. The van der Waals surface area contributed by atoms with E-state index in [0.717, 1.165) is 23.5 Å². The maximum Gasteiger partial charge on any atom is 0.234 e. The smallest absolute Gasteiger partial charge is 0.234 e. The van der Waals surface area contributed by atoms with Crippen LogP contribution < -0.4 is 5.32 Å². The Kier molecular flexibility index (Phi) is 8.40. The number of thioether (sulfide) groups is 1. The van der Waals surface area contributed by atoms with Gasteiger partial charge in [-0.25, -0.2) is 0 Å². The molecule has 1 fully saturated rings. The van der Waals surface area contributed by atoms with Gasteiger partial charge in [-0.2, -0.15) is 0 Å². The van der Waals surface area contributed by atoms with Crippen molar-refractivity contribution in [1.29, 1.82) is 0 Å². The monoisotopic (exact) mass is 477 g/mol. The second-order valence-corrected chi connectivity index (χ2v) is 10.4. The number of hydrogen-bond acceptors (Lipinski definition) is 5. The topological polar surface area (TPSA) is 63.1 Å². The Hall–Kier alpha value is -2.64. The van der Waals surface area contributed by atoms with Gasteiger partial charge in [0.25, 0.3) is 0 Å². The van der Waals surface area contributed by atoms with Gasteiger partial charge in [0.1, 0.15) is 6.33 Å². The Morgan fingerprint density at radius 2 is 1.85 bits per heavy atom. The highest BCUT2D eigenvalue weighted by Gasteiger charge is 2.19. The summed E-state index contributed by atoms with van der Waals surface area (Å²) < 4.78 is 1.93. The number of nitrogens with one attached hydrogen (secondary N) is 1. The minimum atomic E-state index is -0.0394. The zero-order valence-corrected chi connectivity index (χ0v) is 21.2. The van der Waals surface area contributed by atoms with E-state index in [9.17, 15) is 4.79 Å². The van der Waals surface area contributed by atoms with Crippen LogP contribution in [0, 0.1) is 0 Å². The molecule has 0 radical (unpaired) electrons. The van der Waals surface area contributed by atoms with Crippen LogP contribution in [0.15, 0.2) is 60.0 Å². The maximum absolute atomic E-state index is 12.8. The number of aromatic nitrogens is 3. The van der Waals surface area contributed by atoms with Crippen molar-refractivity contribution in [3.63, 3.8) is 0 Å². The molecule has 180 valence electrons. The van der Waals surface area contributed by atoms with Crippen molar-refractivity contribution >= 4 is 23.4 Å². The second-order valence-electron chi connectivity index (χ2n) is 9.43. The van der Waals surface area contributed by atoms with Crippen LogP contribution in [0.5, 0.6) is 0 Å². The van der Waals surface area contributed by atoms with Gasteiger partial charge in [0.15, 0.2) is 5.16 Å². The summed E-state index contributed by atoms with van der Waals surface area (Å²) in [7, 11) is 2.20. The Morgan fingerprint density at radius 3 is 2.59 bits per heavy atom. The fraction of sp³-hybridized carbons (Fsp3) is 0.444. The number of hydrogen-bond donors (Lipinski definition) is 1. The standard InChI is InChI=1S/C27H35N5OS/c1-20(2)21-13-15-24(16-14-21)32-19-28-30-27(32)34-18-26(33)29-25-12-8-7-9-22(25)17-31(3)23-10-5-4-6-11-23/h7-9,12-16,19-20,23H,4-6,10-11,17-18H2,1-3H3,(H,29,33). The molecule has 1 aliphatic rings. The molecule has 1 saturated carbocycles. The fourth-order valence-electron chi connectivity index (χ4n) is 4.54. The molecule has 1 heterocycles. The summed E-state index contributed by atoms with van der Waals surface area (Å²) in [6, 6.07) is 17.2. The SMILES string of the molecule is CC(C)c1ccc(-n2cnnc2SCC(=O)Nc2ccccc2CN(C)C2CCCCC2)cc1. The minimum absolute atomic E-state index is 0.0394. The van der Waals surface area contributed by atoms with Gasteiger partial charge >= 0.3 is 0 Å². The molecule has 0 aliphatic heterocycles. The quantitative estimate of drug-likeness (QED) is 0.390. The van der Waals surface area contributed by atoms with Gasteiger partial charge in [-0.1, -0.05) is 75.2 Å². The highest BCUT2D eigenvalue weighted by molar-refractivity contribution is 7.99. The summed E-state index contributed by atoms with van der Waals surface area (Å²) >= 11 is 1.40. The van der Waals surface area contributed by atoms with Crippen molar-refractivity contribution in [2.24, 2.45) is 0 Å². The molecule has 1 N–H and O–H groups in total. The van der Waals surface area contributed by atoms with E-state index in [1.807, 2.05) is 22.8 Å². The molecule has 3 aromatic rings. The van der Waals surface area contributed by atoms with E-state index < -0.39 is 0 Å². The Labute approximate surface area is 207 Å². The van der Waals surface area contributed by atoms with Crippen LogP contribution in [0.25, 0.3) is 5.69 Å². The lowest BCUT2D eigenvalue weighted by Crippen LogP contribution is -2.33. The van der Waals surface area contributed by atoms with Crippen LogP contribution in [-0.2, 0) is 11.3 Å². The van der Waals surface area contributed by atoms with Gasteiger partial charge in [-0.3, -0.25) is 14.3 Å². The first-order chi connectivity index (χ1) is 16.5. The molecule has 1 aliphatic carbocycles. The van der Waals surface area contributed by atoms with Crippen LogP contribution in [0.4, 0.5) is 5.69 Å². The summed E-state index contributed by atoms with van der Waals surface area (Å²) in [5, 5.41) is 12.1. The number of para-hydroxylation sites is 1. The summed E-state index contributed by atoms with van der Waals surface area (Å²) in [5.74, 6) is 0.718. The number of benzene rings is 2. The van der Waals surface area contributed by atoms with Gasteiger partial charge in [-0.15, -0.1) is 10.2 Å². The molecule has 6 nitrogen and oxygen atoms in total. The molecular weight excluding hydrogens is 442 g/mol. The molecule has 0 bridgehead atoms. The predicted molar refractivity (Wildman–Crippen MR) is 140 cm³/mol. The van der Waals surface area contributed by atoms with Crippen molar-refractivity contribution in [3.8, 4) is 5.69 Å². The summed E-state index contributed by atoms with van der Waals surface area (Å²) in [5.41, 5.74) is 4.33. The molecule has 0 unspecified atom stereocenters. The molecule has 34 heavy (non-hydrogen) atoms. The van der Waals surface area contributed by atoms with E-state index in [1.165, 1.54) is 49.4 Å². The molecule has 0 saturated heterocycles.